The first-order chi connectivity index (χ1) is 10.2. The monoisotopic (exact) mass is 296 g/mol. The maximum atomic E-state index is 11.6. The number of unbranched alkanes of at least 4 members (excludes halogenated alkanes) is 9. The molecule has 0 aromatic carbocycles. The molecule has 0 saturated carbocycles. The van der Waals surface area contributed by atoms with Crippen LogP contribution in [0.25, 0.3) is 0 Å². The molecule has 0 aromatic heterocycles. The first-order valence-corrected chi connectivity index (χ1v) is 9.02. The zero-order chi connectivity index (χ0) is 15.8. The first kappa shape index (κ1) is 20.1. The minimum Gasteiger partial charge on any atom is -0.273 e. The molecule has 0 aliphatic heterocycles. The molecule has 0 aromatic rings. The third-order valence-corrected chi connectivity index (χ3v) is 3.77. The fourth-order valence-corrected chi connectivity index (χ4v) is 2.30. The van der Waals surface area contributed by atoms with Gasteiger partial charge in [0.05, 0.1) is 0 Å². The van der Waals surface area contributed by atoms with Crippen molar-refractivity contribution in [1.82, 2.24) is 5.43 Å². The largest absolute Gasteiger partial charge is 0.273 e. The normalized spacial score (nSPS) is 11.7. The van der Waals surface area contributed by atoms with Gasteiger partial charge in [-0.05, 0) is 26.2 Å². The molecule has 0 radical (unpaired) electrons. The Morgan fingerprint density at radius 2 is 1.29 bits per heavy atom. The number of nitrogens with one attached hydrogen (secondary N) is 1. The Morgan fingerprint density at radius 1 is 0.762 bits per heavy atom. The van der Waals surface area contributed by atoms with Gasteiger partial charge >= 0.3 is 0 Å². The van der Waals surface area contributed by atoms with Crippen molar-refractivity contribution in [2.75, 3.05) is 0 Å². The van der Waals surface area contributed by atoms with Gasteiger partial charge in [0.2, 0.25) is 5.91 Å². The number of carbonyl (C=O) groups excluding carboxylic acids is 1. The van der Waals surface area contributed by atoms with Gasteiger partial charge in [-0.25, -0.2) is 5.43 Å². The maximum Gasteiger partial charge on any atom is 0.240 e. The summed E-state index contributed by atoms with van der Waals surface area (Å²) >= 11 is 0. The zero-order valence-corrected chi connectivity index (χ0v) is 14.5. The van der Waals surface area contributed by atoms with E-state index in [1.54, 1.807) is 0 Å². The molecule has 0 aliphatic rings. The summed E-state index contributed by atoms with van der Waals surface area (Å²) in [5, 5.41) is 4.14. The van der Waals surface area contributed by atoms with Gasteiger partial charge in [0.15, 0.2) is 0 Å². The predicted octanol–water partition coefficient (Wildman–Crippen LogP) is 5.59. The van der Waals surface area contributed by atoms with Crippen LogP contribution in [-0.2, 0) is 4.79 Å². The van der Waals surface area contributed by atoms with Crippen LogP contribution in [0, 0.1) is 0 Å². The molecule has 0 atom stereocenters. The van der Waals surface area contributed by atoms with Crippen LogP contribution in [0.15, 0.2) is 5.10 Å². The molecule has 0 saturated heterocycles. The molecule has 21 heavy (non-hydrogen) atoms. The van der Waals surface area contributed by atoms with E-state index in [1.807, 2.05) is 6.92 Å². The second-order valence-electron chi connectivity index (χ2n) is 6.06. The van der Waals surface area contributed by atoms with Crippen molar-refractivity contribution in [3.8, 4) is 0 Å². The van der Waals surface area contributed by atoms with Crippen LogP contribution in [0.1, 0.15) is 104 Å². The standard InChI is InChI=1S/C18H36N2O/c1-4-6-8-9-10-11-12-13-14-16-18(21)20-19-17(3)15-7-5-2/h4-16H2,1-3H3,(H,20,21)/b19-17-. The highest BCUT2D eigenvalue weighted by Gasteiger charge is 2.00. The number of hydrazone groups is 1. The van der Waals surface area contributed by atoms with Crippen LogP contribution >= 0.6 is 0 Å². The second-order valence-corrected chi connectivity index (χ2v) is 6.06. The van der Waals surface area contributed by atoms with Gasteiger partial charge in [-0.1, -0.05) is 71.6 Å². The van der Waals surface area contributed by atoms with Crippen molar-refractivity contribution in [3.05, 3.63) is 0 Å². The van der Waals surface area contributed by atoms with E-state index in [0.717, 1.165) is 25.0 Å². The molecule has 3 heteroatoms. The molecule has 124 valence electrons. The lowest BCUT2D eigenvalue weighted by Crippen LogP contribution is -2.18. The number of hydrogen-bond donors (Lipinski definition) is 1. The molecule has 0 spiro atoms. The van der Waals surface area contributed by atoms with Crippen LogP contribution < -0.4 is 5.43 Å². The molecule has 0 rings (SSSR count). The molecular formula is C18H36N2O. The molecule has 0 heterocycles. The highest BCUT2D eigenvalue weighted by molar-refractivity contribution is 5.84. The lowest BCUT2D eigenvalue weighted by molar-refractivity contribution is -0.121. The van der Waals surface area contributed by atoms with Gasteiger partial charge in [-0.3, -0.25) is 4.79 Å². The molecule has 0 fully saturated rings. The number of carbonyl (C=O) groups is 1. The quantitative estimate of drug-likeness (QED) is 0.253. The van der Waals surface area contributed by atoms with Crippen LogP contribution in [0.4, 0.5) is 0 Å². The highest BCUT2D eigenvalue weighted by atomic mass is 16.2. The summed E-state index contributed by atoms with van der Waals surface area (Å²) in [6, 6.07) is 0. The molecule has 3 nitrogen and oxygen atoms in total. The van der Waals surface area contributed by atoms with Crippen molar-refractivity contribution in [2.45, 2.75) is 104 Å². The fourth-order valence-electron chi connectivity index (χ4n) is 2.30. The maximum absolute atomic E-state index is 11.6. The average molecular weight is 296 g/mol. The summed E-state index contributed by atoms with van der Waals surface area (Å²) in [7, 11) is 0. The van der Waals surface area contributed by atoms with Crippen LogP contribution in [0.3, 0.4) is 0 Å². The van der Waals surface area contributed by atoms with Crippen molar-refractivity contribution in [1.29, 1.82) is 0 Å². The Labute approximate surface area is 132 Å². The minimum absolute atomic E-state index is 0.0637. The van der Waals surface area contributed by atoms with E-state index in [-0.39, 0.29) is 5.91 Å². The van der Waals surface area contributed by atoms with Gasteiger partial charge < -0.3 is 0 Å². The Kier molecular flexibility index (Phi) is 14.9. The van der Waals surface area contributed by atoms with Crippen molar-refractivity contribution in [3.63, 3.8) is 0 Å². The Bertz CT molecular complexity index is 274. The lowest BCUT2D eigenvalue weighted by Gasteiger charge is -2.03. The van der Waals surface area contributed by atoms with Gasteiger partial charge in [0.25, 0.3) is 0 Å². The van der Waals surface area contributed by atoms with E-state index in [2.05, 4.69) is 24.4 Å². The first-order valence-electron chi connectivity index (χ1n) is 9.02. The molecular weight excluding hydrogens is 260 g/mol. The van der Waals surface area contributed by atoms with Gasteiger partial charge in [0, 0.05) is 12.1 Å². The summed E-state index contributed by atoms with van der Waals surface area (Å²) in [5.41, 5.74) is 3.69. The Hall–Kier alpha value is -0.860. The van der Waals surface area contributed by atoms with E-state index >= 15 is 0 Å². The molecule has 0 unspecified atom stereocenters. The van der Waals surface area contributed by atoms with E-state index in [4.69, 9.17) is 0 Å². The molecule has 0 aliphatic carbocycles. The van der Waals surface area contributed by atoms with Gasteiger partial charge in [0.1, 0.15) is 0 Å². The molecule has 0 bridgehead atoms. The van der Waals surface area contributed by atoms with E-state index in [9.17, 15) is 4.79 Å². The Morgan fingerprint density at radius 3 is 1.86 bits per heavy atom. The van der Waals surface area contributed by atoms with Crippen molar-refractivity contribution < 1.29 is 4.79 Å². The summed E-state index contributed by atoms with van der Waals surface area (Å²) in [4.78, 5) is 11.6. The lowest BCUT2D eigenvalue weighted by atomic mass is 10.1. The summed E-state index contributed by atoms with van der Waals surface area (Å²) < 4.78 is 0. The van der Waals surface area contributed by atoms with Crippen molar-refractivity contribution in [2.24, 2.45) is 5.10 Å². The molecule has 1 N–H and O–H groups in total. The van der Waals surface area contributed by atoms with Crippen molar-refractivity contribution >= 4 is 11.6 Å². The van der Waals surface area contributed by atoms with E-state index < -0.39 is 0 Å². The van der Waals surface area contributed by atoms with Gasteiger partial charge in [-0.15, -0.1) is 0 Å². The van der Waals surface area contributed by atoms with Crippen LogP contribution in [0.5, 0.6) is 0 Å². The summed E-state index contributed by atoms with van der Waals surface area (Å²) in [6.45, 7) is 6.39. The second kappa shape index (κ2) is 15.5. The average Bonchev–Trinajstić information content (AvgIpc) is 2.49. The smallest absolute Gasteiger partial charge is 0.240 e. The van der Waals surface area contributed by atoms with Crippen LogP contribution in [0.2, 0.25) is 0 Å². The number of rotatable bonds is 14. The number of hydrogen-bond acceptors (Lipinski definition) is 2. The fraction of sp³-hybridized carbons (Fsp3) is 0.889. The van der Waals surface area contributed by atoms with Gasteiger partial charge in [-0.2, -0.15) is 5.10 Å². The third-order valence-electron chi connectivity index (χ3n) is 3.77. The summed E-state index contributed by atoms with van der Waals surface area (Å²) in [5.74, 6) is 0.0637. The number of amides is 1. The minimum atomic E-state index is 0.0637. The van der Waals surface area contributed by atoms with E-state index in [0.29, 0.717) is 6.42 Å². The number of nitrogens with zero attached hydrogens (tertiary/aromatic N) is 1. The topological polar surface area (TPSA) is 41.5 Å². The third kappa shape index (κ3) is 15.3. The predicted molar refractivity (Wildman–Crippen MR) is 92.6 cm³/mol. The SMILES string of the molecule is CCCCCCCCCCCC(=O)N/N=C(/C)CCCC. The zero-order valence-electron chi connectivity index (χ0n) is 14.5. The molecule has 1 amide bonds. The summed E-state index contributed by atoms with van der Waals surface area (Å²) in [6.07, 6.45) is 15.4. The highest BCUT2D eigenvalue weighted by Crippen LogP contribution is 2.10. The van der Waals surface area contributed by atoms with Crippen LogP contribution in [-0.4, -0.2) is 11.6 Å². The van der Waals surface area contributed by atoms with E-state index in [1.165, 1.54) is 57.8 Å². The Balaban J connectivity index is 3.37.